The van der Waals surface area contributed by atoms with Crippen molar-refractivity contribution >= 4 is 10.0 Å². The predicted molar refractivity (Wildman–Crippen MR) is 103 cm³/mol. The lowest BCUT2D eigenvalue weighted by Gasteiger charge is -2.05. The first-order valence-corrected chi connectivity index (χ1v) is 10.1. The maximum Gasteiger partial charge on any atom is 0.240 e. The van der Waals surface area contributed by atoms with Gasteiger partial charge in [-0.1, -0.05) is 17.7 Å². The Morgan fingerprint density at radius 2 is 1.70 bits per heavy atom. The van der Waals surface area contributed by atoms with E-state index in [2.05, 4.69) is 9.71 Å². The first-order chi connectivity index (χ1) is 12.9. The molecular formula is C20H22N2O4S. The van der Waals surface area contributed by atoms with E-state index in [1.54, 1.807) is 31.2 Å². The van der Waals surface area contributed by atoms with Gasteiger partial charge in [0.2, 0.25) is 15.9 Å². The van der Waals surface area contributed by atoms with Gasteiger partial charge in [-0.25, -0.2) is 18.1 Å². The Labute approximate surface area is 159 Å². The Morgan fingerprint density at radius 3 is 2.33 bits per heavy atom. The zero-order chi connectivity index (χ0) is 19.4. The summed E-state index contributed by atoms with van der Waals surface area (Å²) >= 11 is 0. The van der Waals surface area contributed by atoms with E-state index in [1.807, 2.05) is 38.1 Å². The van der Waals surface area contributed by atoms with Gasteiger partial charge < -0.3 is 9.15 Å². The molecule has 0 aliphatic heterocycles. The van der Waals surface area contributed by atoms with E-state index in [0.717, 1.165) is 16.9 Å². The summed E-state index contributed by atoms with van der Waals surface area (Å²) < 4.78 is 38.5. The third kappa shape index (κ3) is 4.56. The van der Waals surface area contributed by atoms with Crippen molar-refractivity contribution in [3.63, 3.8) is 0 Å². The number of hydrogen-bond acceptors (Lipinski definition) is 5. The van der Waals surface area contributed by atoms with Gasteiger partial charge in [-0.3, -0.25) is 0 Å². The molecule has 0 amide bonds. The standard InChI is InChI=1S/C20H22N2O4S/c1-4-25-17-9-7-16(8-10-17)20-22-19(15(3)26-20)13-21-27(23,24)18-11-5-14(2)6-12-18/h5-12,21H,4,13H2,1-3H3. The maximum atomic E-state index is 12.4. The minimum Gasteiger partial charge on any atom is -0.494 e. The fourth-order valence-electron chi connectivity index (χ4n) is 2.54. The van der Waals surface area contributed by atoms with Gasteiger partial charge in [0.05, 0.1) is 23.7 Å². The van der Waals surface area contributed by atoms with Gasteiger partial charge in [-0.2, -0.15) is 0 Å². The fourth-order valence-corrected chi connectivity index (χ4v) is 3.53. The third-order valence-corrected chi connectivity index (χ3v) is 5.48. The zero-order valence-electron chi connectivity index (χ0n) is 15.5. The predicted octanol–water partition coefficient (Wildman–Crippen LogP) is 3.84. The van der Waals surface area contributed by atoms with E-state index in [9.17, 15) is 8.42 Å². The van der Waals surface area contributed by atoms with Crippen molar-refractivity contribution in [2.45, 2.75) is 32.2 Å². The molecule has 3 aromatic rings. The second-order valence-electron chi connectivity index (χ2n) is 6.12. The Kier molecular flexibility index (Phi) is 5.62. The van der Waals surface area contributed by atoms with Crippen LogP contribution in [0.5, 0.6) is 5.75 Å². The summed E-state index contributed by atoms with van der Waals surface area (Å²) in [4.78, 5) is 4.66. The molecule has 142 valence electrons. The molecule has 0 saturated carbocycles. The highest BCUT2D eigenvalue weighted by atomic mass is 32.2. The molecule has 0 saturated heterocycles. The first kappa shape index (κ1) is 19.1. The number of oxazole rings is 1. The molecule has 2 aromatic carbocycles. The Balaban J connectivity index is 1.74. The highest BCUT2D eigenvalue weighted by molar-refractivity contribution is 7.89. The Morgan fingerprint density at radius 1 is 1.04 bits per heavy atom. The maximum absolute atomic E-state index is 12.4. The molecule has 0 aliphatic carbocycles. The van der Waals surface area contributed by atoms with E-state index in [-0.39, 0.29) is 11.4 Å². The number of nitrogens with zero attached hydrogens (tertiary/aromatic N) is 1. The molecule has 0 fully saturated rings. The average Bonchev–Trinajstić information content (AvgIpc) is 3.02. The van der Waals surface area contributed by atoms with E-state index in [1.165, 1.54) is 0 Å². The van der Waals surface area contributed by atoms with Crippen molar-refractivity contribution in [2.24, 2.45) is 0 Å². The van der Waals surface area contributed by atoms with Crippen LogP contribution in [-0.2, 0) is 16.6 Å². The van der Waals surface area contributed by atoms with Crippen LogP contribution in [0.3, 0.4) is 0 Å². The summed E-state index contributed by atoms with van der Waals surface area (Å²) in [6, 6.07) is 14.1. The third-order valence-electron chi connectivity index (χ3n) is 4.07. The summed E-state index contributed by atoms with van der Waals surface area (Å²) in [6.45, 7) is 6.26. The van der Waals surface area contributed by atoms with Crippen LogP contribution in [0.25, 0.3) is 11.5 Å². The monoisotopic (exact) mass is 386 g/mol. The van der Waals surface area contributed by atoms with Crippen LogP contribution >= 0.6 is 0 Å². The van der Waals surface area contributed by atoms with Gasteiger partial charge in [0.1, 0.15) is 11.5 Å². The number of sulfonamides is 1. The van der Waals surface area contributed by atoms with E-state index >= 15 is 0 Å². The van der Waals surface area contributed by atoms with Crippen molar-refractivity contribution in [3.05, 3.63) is 65.5 Å². The van der Waals surface area contributed by atoms with Crippen molar-refractivity contribution in [1.82, 2.24) is 9.71 Å². The summed E-state index contributed by atoms with van der Waals surface area (Å²) in [5.41, 5.74) is 2.35. The van der Waals surface area contributed by atoms with Crippen LogP contribution < -0.4 is 9.46 Å². The van der Waals surface area contributed by atoms with E-state index in [4.69, 9.17) is 9.15 Å². The molecule has 1 aromatic heterocycles. The van der Waals surface area contributed by atoms with E-state index < -0.39 is 10.0 Å². The van der Waals surface area contributed by atoms with Crippen molar-refractivity contribution < 1.29 is 17.6 Å². The molecule has 0 unspecified atom stereocenters. The van der Waals surface area contributed by atoms with Crippen LogP contribution in [0.15, 0.2) is 57.8 Å². The number of benzene rings is 2. The van der Waals surface area contributed by atoms with Crippen LogP contribution in [0.4, 0.5) is 0 Å². The molecular weight excluding hydrogens is 364 g/mol. The Hall–Kier alpha value is -2.64. The summed E-state index contributed by atoms with van der Waals surface area (Å²) in [6.07, 6.45) is 0. The average molecular weight is 386 g/mol. The molecule has 6 nitrogen and oxygen atoms in total. The van der Waals surface area contributed by atoms with Gasteiger partial charge in [-0.05, 0) is 57.2 Å². The smallest absolute Gasteiger partial charge is 0.240 e. The summed E-state index contributed by atoms with van der Waals surface area (Å²) in [7, 11) is -3.61. The molecule has 0 aliphatic rings. The normalized spacial score (nSPS) is 11.5. The van der Waals surface area contributed by atoms with Crippen LogP contribution in [-0.4, -0.2) is 20.0 Å². The summed E-state index contributed by atoms with van der Waals surface area (Å²) in [5.74, 6) is 1.79. The van der Waals surface area contributed by atoms with Gasteiger partial charge >= 0.3 is 0 Å². The fraction of sp³-hybridized carbons (Fsp3) is 0.250. The second kappa shape index (κ2) is 7.94. The molecule has 1 heterocycles. The second-order valence-corrected chi connectivity index (χ2v) is 7.88. The zero-order valence-corrected chi connectivity index (χ0v) is 16.3. The summed E-state index contributed by atoms with van der Waals surface area (Å²) in [5, 5.41) is 0. The number of aryl methyl sites for hydroxylation is 2. The lowest BCUT2D eigenvalue weighted by Crippen LogP contribution is -2.23. The van der Waals surface area contributed by atoms with Crippen LogP contribution in [0.1, 0.15) is 23.9 Å². The SMILES string of the molecule is CCOc1ccc(-c2nc(CNS(=O)(=O)c3ccc(C)cc3)c(C)o2)cc1. The van der Waals surface area contributed by atoms with Gasteiger partial charge in [0.25, 0.3) is 0 Å². The molecule has 0 atom stereocenters. The Bertz CT molecular complexity index is 1010. The van der Waals surface area contributed by atoms with Crippen LogP contribution in [0, 0.1) is 13.8 Å². The topological polar surface area (TPSA) is 81.4 Å². The first-order valence-electron chi connectivity index (χ1n) is 8.65. The van der Waals surface area contributed by atoms with Gasteiger partial charge in [-0.15, -0.1) is 0 Å². The number of hydrogen-bond donors (Lipinski definition) is 1. The van der Waals surface area contributed by atoms with Crippen molar-refractivity contribution in [2.75, 3.05) is 6.61 Å². The number of ether oxygens (including phenoxy) is 1. The lowest BCUT2D eigenvalue weighted by molar-refractivity contribution is 0.340. The molecule has 0 bridgehead atoms. The van der Waals surface area contributed by atoms with Crippen molar-refractivity contribution in [1.29, 1.82) is 0 Å². The molecule has 3 rings (SSSR count). The molecule has 7 heteroatoms. The quantitative estimate of drug-likeness (QED) is 0.667. The minimum atomic E-state index is -3.61. The number of rotatable bonds is 7. The number of nitrogens with one attached hydrogen (secondary N) is 1. The highest BCUT2D eigenvalue weighted by Crippen LogP contribution is 2.24. The molecule has 0 radical (unpaired) electrons. The van der Waals surface area contributed by atoms with E-state index in [0.29, 0.717) is 24.0 Å². The highest BCUT2D eigenvalue weighted by Gasteiger charge is 2.17. The van der Waals surface area contributed by atoms with Crippen LogP contribution in [0.2, 0.25) is 0 Å². The number of aromatic nitrogens is 1. The van der Waals surface area contributed by atoms with Crippen molar-refractivity contribution in [3.8, 4) is 17.2 Å². The molecule has 1 N–H and O–H groups in total. The minimum absolute atomic E-state index is 0.0581. The van der Waals surface area contributed by atoms with Gasteiger partial charge in [0, 0.05) is 5.56 Å². The lowest BCUT2D eigenvalue weighted by atomic mass is 10.2. The molecule has 27 heavy (non-hydrogen) atoms. The van der Waals surface area contributed by atoms with Gasteiger partial charge in [0.15, 0.2) is 0 Å². The molecule has 0 spiro atoms. The largest absolute Gasteiger partial charge is 0.494 e.